The molecule has 0 aromatic heterocycles. The van der Waals surface area contributed by atoms with Gasteiger partial charge in [0, 0.05) is 6.42 Å². The van der Waals surface area contributed by atoms with Crippen molar-refractivity contribution in [1.82, 2.24) is 0 Å². The summed E-state index contributed by atoms with van der Waals surface area (Å²) in [5.41, 5.74) is 5.34. The number of carboxylic acids is 1. The van der Waals surface area contributed by atoms with Gasteiger partial charge in [-0.25, -0.2) is 0 Å². The number of unbranched alkanes of at least 4 members (excludes halogenated alkanes) is 13. The standard InChI is InChI=1S/C21H41NO4.Li.H/c1-2-3-4-5-6-7-8-9-10-11-12-13-14-15-18-26-20(23)17-16-19(22)21(24)25;;/h19H,2-18,22H2,1H3,(H,24,25);;/t19-;;/m0../s1. The minimum absolute atomic E-state index is 0. The number of carbonyl (C=O) groups excluding carboxylic acids is 1. The molecule has 5 nitrogen and oxygen atoms in total. The van der Waals surface area contributed by atoms with Crippen molar-refractivity contribution in [2.75, 3.05) is 6.61 Å². The Labute approximate surface area is 178 Å². The van der Waals surface area contributed by atoms with Crippen LogP contribution in [0.5, 0.6) is 0 Å². The number of rotatable bonds is 19. The molecule has 0 saturated heterocycles. The van der Waals surface area contributed by atoms with Crippen molar-refractivity contribution in [3.05, 3.63) is 0 Å². The molecule has 0 saturated carbocycles. The summed E-state index contributed by atoms with van der Waals surface area (Å²) in [6, 6.07) is -0.983. The Hall–Kier alpha value is -0.503. The maximum atomic E-state index is 11.4. The summed E-state index contributed by atoms with van der Waals surface area (Å²) in [4.78, 5) is 22.0. The normalized spacial score (nSPS) is 11.6. The van der Waals surface area contributed by atoms with Crippen molar-refractivity contribution in [1.29, 1.82) is 0 Å². The van der Waals surface area contributed by atoms with Gasteiger partial charge in [-0.15, -0.1) is 0 Å². The minimum atomic E-state index is -1.08. The molecular formula is C21H42LiNO4. The molecule has 0 aliphatic rings. The molecule has 0 bridgehead atoms. The summed E-state index contributed by atoms with van der Waals surface area (Å²) in [6.07, 6.45) is 18.3. The van der Waals surface area contributed by atoms with Gasteiger partial charge in [0.25, 0.3) is 0 Å². The molecule has 156 valence electrons. The number of carbonyl (C=O) groups is 2. The van der Waals surface area contributed by atoms with Gasteiger partial charge in [0.2, 0.25) is 0 Å². The number of carboxylic acid groups (broad SMARTS) is 1. The number of hydrogen-bond donors (Lipinski definition) is 2. The molecule has 3 N–H and O–H groups in total. The Kier molecular flexibility index (Phi) is 23.2. The van der Waals surface area contributed by atoms with Gasteiger partial charge in [-0.1, -0.05) is 90.4 Å². The summed E-state index contributed by atoms with van der Waals surface area (Å²) >= 11 is 0. The van der Waals surface area contributed by atoms with E-state index in [1.165, 1.54) is 77.0 Å². The van der Waals surface area contributed by atoms with Crippen LogP contribution in [0.25, 0.3) is 0 Å². The zero-order valence-corrected chi connectivity index (χ0v) is 16.8. The van der Waals surface area contributed by atoms with Gasteiger partial charge in [0.1, 0.15) is 6.04 Å². The van der Waals surface area contributed by atoms with Crippen LogP contribution in [0.15, 0.2) is 0 Å². The number of ether oxygens (including phenoxy) is 1. The van der Waals surface area contributed by atoms with Crippen molar-refractivity contribution in [3.8, 4) is 0 Å². The SMILES string of the molecule is CCCCCCCCCCCCCCCCOC(=O)CC[C@H](N)C(=O)O.[LiH]. The Morgan fingerprint density at radius 2 is 1.22 bits per heavy atom. The fourth-order valence-electron chi connectivity index (χ4n) is 2.95. The molecular weight excluding hydrogens is 337 g/mol. The molecule has 0 radical (unpaired) electrons. The first-order chi connectivity index (χ1) is 12.6. The van der Waals surface area contributed by atoms with Crippen LogP contribution in [0.3, 0.4) is 0 Å². The van der Waals surface area contributed by atoms with Crippen LogP contribution in [0.1, 0.15) is 110 Å². The fourth-order valence-corrected chi connectivity index (χ4v) is 2.95. The van der Waals surface area contributed by atoms with Gasteiger partial charge in [-0.3, -0.25) is 9.59 Å². The molecule has 0 spiro atoms. The third-order valence-corrected chi connectivity index (χ3v) is 4.74. The Morgan fingerprint density at radius 1 is 0.815 bits per heavy atom. The number of esters is 1. The van der Waals surface area contributed by atoms with Gasteiger partial charge >= 0.3 is 30.8 Å². The molecule has 27 heavy (non-hydrogen) atoms. The summed E-state index contributed by atoms with van der Waals surface area (Å²) < 4.78 is 5.09. The van der Waals surface area contributed by atoms with Crippen molar-refractivity contribution in [2.24, 2.45) is 5.73 Å². The average Bonchev–Trinajstić information content (AvgIpc) is 2.62. The van der Waals surface area contributed by atoms with Gasteiger partial charge < -0.3 is 15.6 Å². The van der Waals surface area contributed by atoms with Crippen molar-refractivity contribution in [2.45, 2.75) is 116 Å². The Morgan fingerprint density at radius 3 is 1.63 bits per heavy atom. The second-order valence-corrected chi connectivity index (χ2v) is 7.30. The van der Waals surface area contributed by atoms with Gasteiger partial charge in [-0.2, -0.15) is 0 Å². The van der Waals surface area contributed by atoms with E-state index in [4.69, 9.17) is 15.6 Å². The molecule has 0 heterocycles. The summed E-state index contributed by atoms with van der Waals surface area (Å²) in [5, 5.41) is 8.63. The number of aliphatic carboxylic acids is 1. The first kappa shape index (κ1) is 28.7. The average molecular weight is 380 g/mol. The molecule has 0 amide bonds. The van der Waals surface area contributed by atoms with E-state index in [1.54, 1.807) is 0 Å². The molecule has 0 unspecified atom stereocenters. The van der Waals surface area contributed by atoms with E-state index in [0.29, 0.717) is 6.61 Å². The second kappa shape index (κ2) is 21.8. The zero-order chi connectivity index (χ0) is 19.5. The summed E-state index contributed by atoms with van der Waals surface area (Å²) in [6.45, 7) is 2.69. The van der Waals surface area contributed by atoms with Crippen molar-refractivity contribution >= 4 is 30.8 Å². The molecule has 0 rings (SSSR count). The van der Waals surface area contributed by atoms with Gasteiger partial charge in [0.05, 0.1) is 6.61 Å². The van der Waals surface area contributed by atoms with Crippen LogP contribution < -0.4 is 5.73 Å². The van der Waals surface area contributed by atoms with E-state index < -0.39 is 12.0 Å². The van der Waals surface area contributed by atoms with Gasteiger partial charge in [-0.05, 0) is 12.8 Å². The van der Waals surface area contributed by atoms with E-state index in [2.05, 4.69) is 6.92 Å². The quantitative estimate of drug-likeness (QED) is 0.195. The molecule has 0 fully saturated rings. The van der Waals surface area contributed by atoms with E-state index >= 15 is 0 Å². The van der Waals surface area contributed by atoms with Crippen molar-refractivity contribution in [3.63, 3.8) is 0 Å². The Balaban J connectivity index is 0. The van der Waals surface area contributed by atoms with Crippen LogP contribution in [-0.2, 0) is 14.3 Å². The van der Waals surface area contributed by atoms with E-state index in [1.807, 2.05) is 0 Å². The molecule has 0 aromatic carbocycles. The second-order valence-electron chi connectivity index (χ2n) is 7.30. The van der Waals surface area contributed by atoms with E-state index in [-0.39, 0.29) is 37.7 Å². The van der Waals surface area contributed by atoms with Crippen LogP contribution in [0.4, 0.5) is 0 Å². The summed E-state index contributed by atoms with van der Waals surface area (Å²) in [5.74, 6) is -1.43. The first-order valence-electron chi connectivity index (χ1n) is 10.7. The van der Waals surface area contributed by atoms with E-state index in [9.17, 15) is 9.59 Å². The number of nitrogens with two attached hydrogens (primary N) is 1. The first-order valence-corrected chi connectivity index (χ1v) is 10.7. The maximum absolute atomic E-state index is 11.4. The van der Waals surface area contributed by atoms with Crippen molar-refractivity contribution < 1.29 is 19.4 Å². The molecule has 1 atom stereocenters. The van der Waals surface area contributed by atoms with Crippen LogP contribution >= 0.6 is 0 Å². The van der Waals surface area contributed by atoms with Crippen LogP contribution in [0.2, 0.25) is 0 Å². The zero-order valence-electron chi connectivity index (χ0n) is 16.8. The van der Waals surface area contributed by atoms with Crippen LogP contribution in [-0.4, -0.2) is 48.6 Å². The summed E-state index contributed by atoms with van der Waals surface area (Å²) in [7, 11) is 0. The third kappa shape index (κ3) is 21.7. The number of hydrogen-bond acceptors (Lipinski definition) is 4. The van der Waals surface area contributed by atoms with E-state index in [0.717, 1.165) is 12.8 Å². The monoisotopic (exact) mass is 379 g/mol. The fraction of sp³-hybridized carbons (Fsp3) is 0.905. The third-order valence-electron chi connectivity index (χ3n) is 4.74. The topological polar surface area (TPSA) is 89.6 Å². The Bertz CT molecular complexity index is 353. The van der Waals surface area contributed by atoms with Gasteiger partial charge in [0.15, 0.2) is 0 Å². The molecule has 0 aliphatic carbocycles. The molecule has 0 aliphatic heterocycles. The predicted molar refractivity (Wildman–Crippen MR) is 113 cm³/mol. The molecule has 0 aromatic rings. The van der Waals surface area contributed by atoms with Crippen LogP contribution in [0, 0.1) is 0 Å². The predicted octanol–water partition coefficient (Wildman–Crippen LogP) is 4.55. The molecule has 6 heteroatoms.